The van der Waals surface area contributed by atoms with Crippen molar-refractivity contribution in [2.24, 2.45) is 5.41 Å². The molecule has 0 radical (unpaired) electrons. The molecule has 10 heteroatoms. The highest BCUT2D eigenvalue weighted by Crippen LogP contribution is 2.43. The number of hydrogen-bond acceptors (Lipinski definition) is 8. The first-order valence-electron chi connectivity index (χ1n) is 6.06. The lowest BCUT2D eigenvalue weighted by Gasteiger charge is -2.48. The van der Waals surface area contributed by atoms with Gasteiger partial charge in [-0.05, 0) is 6.92 Å². The van der Waals surface area contributed by atoms with Crippen molar-refractivity contribution in [2.45, 2.75) is 16.6 Å². The standard InChI is InChI=1S/C11H11N3O4S3/c1-5-12-13-10(21-5)20-4-11(9(17)18)2-14-7(16)6(15)8(14)19-3-11/h8H,2-4H2,1H3,(H,17,18)/t8-,11?/m1/s1. The number of carbonyl (C=O) groups excluding carboxylic acids is 2. The Morgan fingerprint density at radius 1 is 1.52 bits per heavy atom. The summed E-state index contributed by atoms with van der Waals surface area (Å²) in [5, 5.41) is 17.8. The Morgan fingerprint density at radius 2 is 2.29 bits per heavy atom. The molecule has 0 spiro atoms. The van der Waals surface area contributed by atoms with E-state index in [0.29, 0.717) is 15.8 Å². The third-order valence-electron chi connectivity index (χ3n) is 3.40. The van der Waals surface area contributed by atoms with Gasteiger partial charge in [0.25, 0.3) is 11.7 Å². The zero-order valence-corrected chi connectivity index (χ0v) is 13.4. The fourth-order valence-corrected chi connectivity index (χ4v) is 5.71. The number of aryl methyl sites for hydroxylation is 1. The Hall–Kier alpha value is -1.13. The maximum absolute atomic E-state index is 11.7. The number of Topliss-reactive ketones (excluding diaryl/α,β-unsaturated/α-hetero) is 1. The molecule has 1 aromatic heterocycles. The Balaban J connectivity index is 1.73. The molecule has 0 aliphatic carbocycles. The first-order chi connectivity index (χ1) is 9.93. The van der Waals surface area contributed by atoms with E-state index < -0.39 is 28.4 Å². The molecule has 3 rings (SSSR count). The molecule has 2 atom stereocenters. The minimum Gasteiger partial charge on any atom is -0.481 e. The first kappa shape index (κ1) is 14.8. The smallest absolute Gasteiger partial charge is 0.313 e. The Kier molecular flexibility index (Phi) is 3.70. The molecule has 1 amide bonds. The topological polar surface area (TPSA) is 100 Å². The molecule has 0 aromatic carbocycles. The lowest BCUT2D eigenvalue weighted by molar-refractivity contribution is -0.162. The number of aliphatic carboxylic acids is 1. The number of carboxylic acid groups (broad SMARTS) is 1. The summed E-state index contributed by atoms with van der Waals surface area (Å²) in [6, 6.07) is 0. The van der Waals surface area contributed by atoms with Crippen LogP contribution in [0.4, 0.5) is 0 Å². The molecule has 1 unspecified atom stereocenters. The van der Waals surface area contributed by atoms with Gasteiger partial charge in [-0.1, -0.05) is 23.1 Å². The quantitative estimate of drug-likeness (QED) is 0.478. The van der Waals surface area contributed by atoms with Crippen LogP contribution in [0.25, 0.3) is 0 Å². The fraction of sp³-hybridized carbons (Fsp3) is 0.545. The SMILES string of the molecule is Cc1nnc(SCC2(C(=O)O)CS[C@@H]3C(=O)C(=O)N3C2)s1. The molecule has 1 N–H and O–H groups in total. The normalized spacial score (nSPS) is 28.2. The van der Waals surface area contributed by atoms with Crippen molar-refractivity contribution in [3.8, 4) is 0 Å². The zero-order valence-electron chi connectivity index (χ0n) is 10.9. The van der Waals surface area contributed by atoms with E-state index in [2.05, 4.69) is 10.2 Å². The molecular formula is C11H11N3O4S3. The molecule has 1 aromatic rings. The third-order valence-corrected chi connectivity index (χ3v) is 7.17. The van der Waals surface area contributed by atoms with Gasteiger partial charge in [0, 0.05) is 18.1 Å². The number of aromatic nitrogens is 2. The van der Waals surface area contributed by atoms with Gasteiger partial charge in [0.05, 0.1) is 0 Å². The van der Waals surface area contributed by atoms with Gasteiger partial charge >= 0.3 is 5.97 Å². The van der Waals surface area contributed by atoms with Crippen LogP contribution in [0.15, 0.2) is 4.34 Å². The number of ketones is 1. The molecule has 2 aliphatic rings. The van der Waals surface area contributed by atoms with Crippen LogP contribution in [0.5, 0.6) is 0 Å². The molecule has 112 valence electrons. The summed E-state index contributed by atoms with van der Waals surface area (Å²) in [6.45, 7) is 1.91. The number of amides is 1. The van der Waals surface area contributed by atoms with Gasteiger partial charge in [0.1, 0.15) is 15.8 Å². The highest BCUT2D eigenvalue weighted by atomic mass is 32.2. The van der Waals surface area contributed by atoms with Crippen molar-refractivity contribution in [3.05, 3.63) is 5.01 Å². The first-order valence-corrected chi connectivity index (χ1v) is 8.91. The zero-order chi connectivity index (χ0) is 15.2. The van der Waals surface area contributed by atoms with Crippen molar-refractivity contribution in [3.63, 3.8) is 0 Å². The van der Waals surface area contributed by atoms with E-state index in [0.717, 1.165) is 5.01 Å². The van der Waals surface area contributed by atoms with E-state index in [-0.39, 0.29) is 6.54 Å². The van der Waals surface area contributed by atoms with E-state index in [1.807, 2.05) is 6.92 Å². The highest BCUT2D eigenvalue weighted by Gasteiger charge is 2.56. The van der Waals surface area contributed by atoms with E-state index in [1.54, 1.807) is 0 Å². The van der Waals surface area contributed by atoms with Gasteiger partial charge < -0.3 is 10.0 Å². The maximum Gasteiger partial charge on any atom is 0.313 e. The number of rotatable bonds is 4. The molecule has 7 nitrogen and oxygen atoms in total. The van der Waals surface area contributed by atoms with Crippen LogP contribution in [0.1, 0.15) is 5.01 Å². The summed E-state index contributed by atoms with van der Waals surface area (Å²) in [6.07, 6.45) is 0. The van der Waals surface area contributed by atoms with Crippen molar-refractivity contribution in [1.29, 1.82) is 0 Å². The second kappa shape index (κ2) is 5.25. The van der Waals surface area contributed by atoms with Crippen LogP contribution < -0.4 is 0 Å². The van der Waals surface area contributed by atoms with Crippen molar-refractivity contribution in [1.82, 2.24) is 15.1 Å². The maximum atomic E-state index is 11.7. The molecule has 2 saturated heterocycles. The molecule has 3 heterocycles. The van der Waals surface area contributed by atoms with Gasteiger partial charge in [-0.2, -0.15) is 0 Å². The number of β-lactam (4-membered cyclic amide) rings is 1. The lowest BCUT2D eigenvalue weighted by Crippen LogP contribution is -2.67. The molecule has 0 saturated carbocycles. The minimum absolute atomic E-state index is 0.0787. The summed E-state index contributed by atoms with van der Waals surface area (Å²) >= 11 is 3.97. The lowest BCUT2D eigenvalue weighted by atomic mass is 9.90. The van der Waals surface area contributed by atoms with Crippen molar-refractivity contribution < 1.29 is 19.5 Å². The van der Waals surface area contributed by atoms with Gasteiger partial charge in [-0.25, -0.2) is 0 Å². The highest BCUT2D eigenvalue weighted by molar-refractivity contribution is 8.02. The van der Waals surface area contributed by atoms with Crippen LogP contribution in [-0.4, -0.2) is 61.3 Å². The molecule has 2 fully saturated rings. The Morgan fingerprint density at radius 3 is 2.90 bits per heavy atom. The summed E-state index contributed by atoms with van der Waals surface area (Å²) in [4.78, 5) is 35.9. The molecule has 2 aliphatic heterocycles. The number of nitrogens with zero attached hydrogens (tertiary/aromatic N) is 3. The van der Waals surface area contributed by atoms with Crippen molar-refractivity contribution in [2.75, 3.05) is 18.1 Å². The second-order valence-corrected chi connectivity index (χ2v) is 8.39. The number of carboxylic acids is 1. The largest absolute Gasteiger partial charge is 0.481 e. The van der Waals surface area contributed by atoms with Crippen LogP contribution in [0.2, 0.25) is 0 Å². The van der Waals surface area contributed by atoms with Crippen LogP contribution >= 0.6 is 34.9 Å². The predicted molar refractivity (Wildman–Crippen MR) is 78.4 cm³/mol. The summed E-state index contributed by atoms with van der Waals surface area (Å²) in [7, 11) is 0. The molecule has 0 bridgehead atoms. The van der Waals surface area contributed by atoms with Crippen LogP contribution in [0.3, 0.4) is 0 Å². The monoisotopic (exact) mass is 345 g/mol. The van der Waals surface area contributed by atoms with E-state index in [1.165, 1.54) is 39.8 Å². The number of thioether (sulfide) groups is 2. The van der Waals surface area contributed by atoms with E-state index in [4.69, 9.17) is 0 Å². The van der Waals surface area contributed by atoms with E-state index in [9.17, 15) is 19.5 Å². The molecular weight excluding hydrogens is 334 g/mol. The van der Waals surface area contributed by atoms with Gasteiger partial charge in [0.15, 0.2) is 4.34 Å². The fourth-order valence-electron chi connectivity index (χ4n) is 2.17. The Bertz CT molecular complexity index is 634. The van der Waals surface area contributed by atoms with Crippen LogP contribution in [-0.2, 0) is 14.4 Å². The van der Waals surface area contributed by atoms with E-state index >= 15 is 0 Å². The Labute approximate surface area is 132 Å². The average Bonchev–Trinajstić information content (AvgIpc) is 2.89. The van der Waals surface area contributed by atoms with Gasteiger partial charge in [-0.3, -0.25) is 14.4 Å². The number of fused-ring (bicyclic) bond motifs is 1. The number of hydrogen-bond donors (Lipinski definition) is 1. The second-order valence-electron chi connectivity index (χ2n) is 4.92. The van der Waals surface area contributed by atoms with Crippen LogP contribution in [0, 0.1) is 12.3 Å². The van der Waals surface area contributed by atoms with Gasteiger partial charge in [0.2, 0.25) is 0 Å². The third kappa shape index (κ3) is 2.44. The summed E-state index contributed by atoms with van der Waals surface area (Å²) < 4.78 is 0.714. The number of carbonyl (C=O) groups is 3. The minimum atomic E-state index is -1.05. The van der Waals surface area contributed by atoms with Crippen molar-refractivity contribution >= 4 is 52.5 Å². The summed E-state index contributed by atoms with van der Waals surface area (Å²) in [5.41, 5.74) is -1.05. The predicted octanol–water partition coefficient (Wildman–Crippen LogP) is 0.494. The van der Waals surface area contributed by atoms with Gasteiger partial charge in [-0.15, -0.1) is 22.0 Å². The molecule has 21 heavy (non-hydrogen) atoms. The average molecular weight is 345 g/mol. The summed E-state index contributed by atoms with van der Waals surface area (Å²) in [5.74, 6) is -1.34.